The molecule has 12 rings (SSSR count). The fraction of sp³-hybridized carbons (Fsp3) is 0.128. The predicted octanol–water partition coefficient (Wildman–Crippen LogP) is 18.8. The minimum absolute atomic E-state index is 0.00553. The highest BCUT2D eigenvalue weighted by molar-refractivity contribution is 7.93. The molecule has 0 radical (unpaired) electrons. The van der Waals surface area contributed by atoms with Gasteiger partial charge in [-0.3, -0.25) is 48.3 Å². The van der Waals surface area contributed by atoms with Gasteiger partial charge >= 0.3 is 24.7 Å². The first-order valence-corrected chi connectivity index (χ1v) is 44.0. The summed E-state index contributed by atoms with van der Waals surface area (Å²) >= 11 is 45.8. The quantitative estimate of drug-likeness (QED) is 0.0155. The van der Waals surface area contributed by atoms with Gasteiger partial charge in [0, 0.05) is 97.6 Å². The van der Waals surface area contributed by atoms with Gasteiger partial charge in [-0.2, -0.15) is 62.1 Å². The minimum Gasteiger partial charge on any atom is -0.619 e. The highest BCUT2D eigenvalue weighted by Crippen LogP contribution is 2.42. The van der Waals surface area contributed by atoms with E-state index in [2.05, 4.69) is 39.1 Å². The number of nitrogens with one attached hydrogen (secondary N) is 4. The molecule has 27 nitrogen and oxygen atoms in total. The van der Waals surface area contributed by atoms with Crippen molar-refractivity contribution < 1.29 is 125 Å². The smallest absolute Gasteiger partial charge is 0.417 e. The van der Waals surface area contributed by atoms with E-state index in [1.54, 1.807) is 26.8 Å². The summed E-state index contributed by atoms with van der Waals surface area (Å²) in [6.07, 6.45) is -9.99. The lowest BCUT2D eigenvalue weighted by Crippen LogP contribution is -2.35. The van der Waals surface area contributed by atoms with Crippen LogP contribution in [0, 0.1) is 52.0 Å². The second-order valence-electron chi connectivity index (χ2n) is 26.6. The third-order valence-corrected chi connectivity index (χ3v) is 25.2. The van der Waals surface area contributed by atoms with E-state index in [-0.39, 0.29) is 99.3 Å². The van der Waals surface area contributed by atoms with Crippen molar-refractivity contribution in [2.45, 2.75) is 85.8 Å². The fourth-order valence-corrected chi connectivity index (χ4v) is 17.2. The normalized spacial score (nSPS) is 12.0. The molecule has 678 valence electrons. The Morgan fingerprint density at radius 3 is 1.00 bits per heavy atom. The molecule has 0 saturated carbocycles. The fourth-order valence-electron chi connectivity index (χ4n) is 11.4. The average molecular weight is 2040 g/mol. The zero-order valence-corrected chi connectivity index (χ0v) is 74.6. The molecule has 8 heterocycles. The molecule has 8 aromatic heterocycles. The van der Waals surface area contributed by atoms with Crippen molar-refractivity contribution in [3.05, 3.63) is 335 Å². The van der Waals surface area contributed by atoms with Crippen LogP contribution in [0.5, 0.6) is 0 Å². The van der Waals surface area contributed by atoms with Crippen molar-refractivity contribution in [3.63, 3.8) is 0 Å². The Bertz CT molecular complexity index is 7000. The molecule has 4 aromatic carbocycles. The molecule has 5 N–H and O–H groups in total. The number of benzene rings is 4. The molecular weight excluding hydrogens is 1980 g/mol. The van der Waals surface area contributed by atoms with Crippen LogP contribution in [-0.4, -0.2) is 86.9 Å². The number of anilines is 4. The third-order valence-electron chi connectivity index (χ3n) is 17.7. The van der Waals surface area contributed by atoms with E-state index >= 15 is 0 Å². The number of sulfonamides is 4. The molecule has 0 amide bonds. The highest BCUT2D eigenvalue weighted by Gasteiger charge is 2.40. The molecule has 0 atom stereocenters. The van der Waals surface area contributed by atoms with Crippen LogP contribution in [0.2, 0.25) is 40.2 Å². The minimum atomic E-state index is -4.89. The van der Waals surface area contributed by atoms with Gasteiger partial charge in [-0.25, -0.2) is 53.6 Å². The first kappa shape index (κ1) is 101. The van der Waals surface area contributed by atoms with Gasteiger partial charge in [-0.15, -0.1) is 0 Å². The lowest BCUT2D eigenvalue weighted by atomic mass is 10.0. The maximum atomic E-state index is 13.2. The number of hydrogen-bond donors (Lipinski definition) is 5. The second kappa shape index (κ2) is 39.5. The number of aromatic nitrogens is 8. The Labute approximate surface area is 762 Å². The van der Waals surface area contributed by atoms with Crippen molar-refractivity contribution in [2.24, 2.45) is 0 Å². The van der Waals surface area contributed by atoms with Crippen LogP contribution in [-0.2, 0) is 64.8 Å². The first-order chi connectivity index (χ1) is 59.6. The SMILES string of the molecule is Cc1c(C(=O)c2ncc(Cl)cc2NS(=O)(=O)c2ccc(Cl)c(C(F)(F)F)c2)ccc[n+]1O.Cc1cc(C(=O)c2ncc(Cl)cc2NS(=O)(=O)c2ccc(Cl)c(C(F)(F)F)c2)cc[n+]1[O-].Cc1cc[n+]([O-])c(C)c1C(=O)c1ncc(Cl)cc1NS(=O)(=O)c1ccc(Cl)c(C(F)(F)F)c1.Cc1ccnc(C)c1C(=O)c1ncc(Cl)cc1NS(=O)(=O)c1ccc(Cl)c(C(F)(F)F)c1. The molecule has 51 heteroatoms. The van der Waals surface area contributed by atoms with Gasteiger partial charge < -0.3 is 10.4 Å². The number of rotatable bonds is 20. The van der Waals surface area contributed by atoms with Crippen LogP contribution in [0.15, 0.2) is 203 Å². The van der Waals surface area contributed by atoms with E-state index in [0.29, 0.717) is 55.3 Å². The van der Waals surface area contributed by atoms with E-state index in [1.807, 2.05) is 4.72 Å². The molecule has 0 spiro atoms. The van der Waals surface area contributed by atoms with Crippen molar-refractivity contribution in [2.75, 3.05) is 18.9 Å². The van der Waals surface area contributed by atoms with Gasteiger partial charge in [-0.05, 0) is 141 Å². The Hall–Kier alpha value is -11.4. The number of carbonyl (C=O) groups is 4. The molecule has 0 bridgehead atoms. The summed E-state index contributed by atoms with van der Waals surface area (Å²) in [5.41, 5.74) is -6.09. The molecule has 0 fully saturated rings. The standard InChI is InChI=1S/C20H14Cl2F3N3O4S.C20H14Cl2F3N3O3S.2C19H12Cl2F3N3O4S/c1-10-5-6-28(30)11(2)17(10)19(29)18-16(7-12(21)9-26-18)27-33(31,32)13-3-4-15(22)14(8-13)20(23,24)25;1-10-5-6-26-11(2)17(10)19(29)18-16(7-12(21)9-27-18)28-32(30,31)13-3-4-15(22)14(8-13)20(23,24)25;1-10-6-11(4-5-27(10)29)18(28)17-16(7-12(20)9-25-17)26-32(30,31)13-2-3-15(21)14(8-13)19(22,23)24;1-10-13(3-2-6-27(10)29)18(28)17-16(7-11(20)9-25-17)26-32(30,31)12-4-5-15(21)14(8-12)19(22,23)24/h3-9,27H,1-2H3;3-9,28H,1-2H3;2-9,26H,1H3;2-9H,1H3,(H-,26,28,29)/p+1. The van der Waals surface area contributed by atoms with E-state index in [0.717, 1.165) is 104 Å². The van der Waals surface area contributed by atoms with Crippen LogP contribution in [0.4, 0.5) is 75.4 Å². The monoisotopic (exact) mass is 2030 g/mol. The van der Waals surface area contributed by atoms with Crippen molar-refractivity contribution in [3.8, 4) is 0 Å². The topological polar surface area (TPSA) is 395 Å². The Morgan fingerprint density at radius 1 is 0.364 bits per heavy atom. The number of nitrogens with zero attached hydrogens (tertiary/aromatic N) is 8. The average Bonchev–Trinajstić information content (AvgIpc) is 0.802. The zero-order chi connectivity index (χ0) is 96.2. The second-order valence-corrected chi connectivity index (χ2v) is 36.7. The summed E-state index contributed by atoms with van der Waals surface area (Å²) in [6.45, 7) is 9.16. The van der Waals surface area contributed by atoms with Crippen molar-refractivity contribution >= 4 is 179 Å². The molecule has 0 aliphatic rings. The lowest BCUT2D eigenvalue weighted by molar-refractivity contribution is -0.908. The zero-order valence-electron chi connectivity index (χ0n) is 65.3. The molecule has 0 saturated heterocycles. The van der Waals surface area contributed by atoms with E-state index in [9.17, 15) is 121 Å². The Kier molecular flexibility index (Phi) is 31.1. The van der Waals surface area contributed by atoms with E-state index in [4.69, 9.17) is 92.8 Å². The Balaban J connectivity index is 0.000000194. The van der Waals surface area contributed by atoms with Crippen LogP contribution in [0.25, 0.3) is 0 Å². The summed E-state index contributed by atoms with van der Waals surface area (Å²) in [5.74, 6) is -2.91. The lowest BCUT2D eigenvalue weighted by Gasteiger charge is -2.15. The number of hydrogen-bond acceptors (Lipinski definition) is 20. The molecular formula is C78H53Cl8F12N12O15S4+. The van der Waals surface area contributed by atoms with Crippen molar-refractivity contribution in [1.82, 2.24) is 24.9 Å². The number of ketones is 4. The van der Waals surface area contributed by atoms with Gasteiger partial charge in [-0.1, -0.05) is 92.8 Å². The molecule has 0 unspecified atom stereocenters. The number of carbonyl (C=O) groups excluding carboxylic acids is 4. The van der Waals surface area contributed by atoms with Crippen molar-refractivity contribution in [1.29, 1.82) is 0 Å². The van der Waals surface area contributed by atoms with E-state index < -0.39 is 156 Å². The largest absolute Gasteiger partial charge is 0.619 e. The van der Waals surface area contributed by atoms with Gasteiger partial charge in [0.15, 0.2) is 18.1 Å². The van der Waals surface area contributed by atoms with Crippen LogP contribution >= 0.6 is 92.8 Å². The maximum absolute atomic E-state index is 13.2. The summed E-state index contributed by atoms with van der Waals surface area (Å²) in [6, 6.07) is 21.0. The van der Waals surface area contributed by atoms with Gasteiger partial charge in [0.25, 0.3) is 40.1 Å². The summed E-state index contributed by atoms with van der Waals surface area (Å²) in [4.78, 5) is 68.8. The summed E-state index contributed by atoms with van der Waals surface area (Å²) in [7, 11) is -18.4. The third kappa shape index (κ3) is 24.4. The predicted molar refractivity (Wildman–Crippen MR) is 447 cm³/mol. The maximum Gasteiger partial charge on any atom is 0.417 e. The van der Waals surface area contributed by atoms with Crippen LogP contribution in [0.1, 0.15) is 120 Å². The summed E-state index contributed by atoms with van der Waals surface area (Å²) in [5, 5.41) is 30.4. The van der Waals surface area contributed by atoms with E-state index in [1.165, 1.54) is 69.7 Å². The first-order valence-electron chi connectivity index (χ1n) is 35.0. The number of pyridine rings is 8. The van der Waals surface area contributed by atoms with Crippen LogP contribution in [0.3, 0.4) is 0 Å². The molecule has 0 aliphatic heterocycles. The van der Waals surface area contributed by atoms with Gasteiger partial charge in [0.05, 0.1) is 116 Å². The molecule has 12 aromatic rings. The number of aryl methyl sites for hydroxylation is 4. The number of halogens is 20. The van der Waals surface area contributed by atoms with Gasteiger partial charge in [0.2, 0.25) is 40.7 Å². The van der Waals surface area contributed by atoms with Gasteiger partial charge in [0.1, 0.15) is 22.8 Å². The Morgan fingerprint density at radius 2 is 0.674 bits per heavy atom. The molecule has 0 aliphatic carbocycles. The number of alkyl halides is 12. The molecule has 129 heavy (non-hydrogen) atoms. The van der Waals surface area contributed by atoms with Crippen LogP contribution < -0.4 is 33.1 Å². The highest BCUT2D eigenvalue weighted by atomic mass is 35.5. The summed E-state index contributed by atoms with van der Waals surface area (Å²) < 4.78 is 270.